The Bertz CT molecular complexity index is 880. The molecule has 3 rings (SSSR count). The average molecular weight is 408 g/mol. The van der Waals surface area contributed by atoms with Gasteiger partial charge in [0, 0.05) is 18.7 Å². The number of ether oxygens (including phenoxy) is 1. The van der Waals surface area contributed by atoms with Crippen LogP contribution in [-0.4, -0.2) is 35.8 Å². The number of likely N-dealkylation sites (tertiary alicyclic amines) is 1. The van der Waals surface area contributed by atoms with Gasteiger partial charge in [0.2, 0.25) is 11.8 Å². The molecular formula is C24H28N2O4. The summed E-state index contributed by atoms with van der Waals surface area (Å²) in [5.74, 6) is -0.975. The Morgan fingerprint density at radius 3 is 2.50 bits per heavy atom. The molecule has 2 amide bonds. The van der Waals surface area contributed by atoms with Gasteiger partial charge in [-0.1, -0.05) is 43.7 Å². The van der Waals surface area contributed by atoms with Gasteiger partial charge in [0.05, 0.1) is 24.1 Å². The maximum absolute atomic E-state index is 12.7. The van der Waals surface area contributed by atoms with Crippen molar-refractivity contribution < 1.29 is 19.1 Å². The molecule has 1 N–H and O–H groups in total. The van der Waals surface area contributed by atoms with E-state index in [9.17, 15) is 14.4 Å². The first-order chi connectivity index (χ1) is 14.5. The lowest BCUT2D eigenvalue weighted by molar-refractivity contribution is -0.129. The van der Waals surface area contributed by atoms with Crippen LogP contribution in [0.1, 0.15) is 55.1 Å². The molecule has 6 heteroatoms. The molecule has 1 aliphatic rings. The monoisotopic (exact) mass is 408 g/mol. The maximum Gasteiger partial charge on any atom is 0.338 e. The van der Waals surface area contributed by atoms with Crippen LogP contribution in [0.2, 0.25) is 0 Å². The summed E-state index contributed by atoms with van der Waals surface area (Å²) in [7, 11) is 0. The van der Waals surface area contributed by atoms with Crippen LogP contribution in [0.3, 0.4) is 0 Å². The number of hydrogen-bond donors (Lipinski definition) is 1. The predicted octanol–water partition coefficient (Wildman–Crippen LogP) is 4.19. The largest absolute Gasteiger partial charge is 0.462 e. The lowest BCUT2D eigenvalue weighted by Crippen LogP contribution is -2.30. The van der Waals surface area contributed by atoms with Crippen LogP contribution in [0.15, 0.2) is 54.6 Å². The predicted molar refractivity (Wildman–Crippen MR) is 115 cm³/mol. The summed E-state index contributed by atoms with van der Waals surface area (Å²) >= 11 is 0. The molecule has 0 aromatic heterocycles. The third-order valence-corrected chi connectivity index (χ3v) is 5.40. The SMILES string of the molecule is CCCCOC(=O)c1ccc(NC(=O)[C@H]2CC(=O)N([C@H](C)c3ccccc3)C2)cc1. The van der Waals surface area contributed by atoms with Crippen molar-refractivity contribution in [3.63, 3.8) is 0 Å². The summed E-state index contributed by atoms with van der Waals surface area (Å²) < 4.78 is 5.18. The summed E-state index contributed by atoms with van der Waals surface area (Å²) in [6.07, 6.45) is 1.99. The number of rotatable bonds is 8. The van der Waals surface area contributed by atoms with E-state index in [0.29, 0.717) is 24.4 Å². The molecule has 30 heavy (non-hydrogen) atoms. The standard InChI is InChI=1S/C24H28N2O4/c1-3-4-14-30-24(29)19-10-12-21(13-11-19)25-23(28)20-15-22(27)26(16-20)17(2)18-8-6-5-7-9-18/h5-13,17,20H,3-4,14-16H2,1-2H3,(H,25,28)/t17-,20+/m1/s1. The Labute approximate surface area is 177 Å². The van der Waals surface area contributed by atoms with E-state index in [1.165, 1.54) is 0 Å². The number of esters is 1. The van der Waals surface area contributed by atoms with E-state index in [2.05, 4.69) is 5.32 Å². The molecule has 0 aliphatic carbocycles. The fourth-order valence-corrected chi connectivity index (χ4v) is 3.52. The van der Waals surface area contributed by atoms with E-state index in [1.807, 2.05) is 44.2 Å². The Morgan fingerprint density at radius 2 is 1.83 bits per heavy atom. The number of nitrogens with one attached hydrogen (secondary N) is 1. The van der Waals surface area contributed by atoms with Gasteiger partial charge in [0.25, 0.3) is 0 Å². The highest BCUT2D eigenvalue weighted by atomic mass is 16.5. The van der Waals surface area contributed by atoms with Gasteiger partial charge < -0.3 is 15.0 Å². The first-order valence-electron chi connectivity index (χ1n) is 10.4. The average Bonchev–Trinajstić information content (AvgIpc) is 3.16. The number of hydrogen-bond acceptors (Lipinski definition) is 4. The fraction of sp³-hybridized carbons (Fsp3) is 0.375. The molecule has 1 aliphatic heterocycles. The second-order valence-electron chi connectivity index (χ2n) is 7.59. The van der Waals surface area contributed by atoms with Gasteiger partial charge in [-0.3, -0.25) is 9.59 Å². The molecule has 1 saturated heterocycles. The molecule has 2 aromatic rings. The molecule has 0 saturated carbocycles. The Morgan fingerprint density at radius 1 is 1.13 bits per heavy atom. The zero-order chi connectivity index (χ0) is 21.5. The van der Waals surface area contributed by atoms with E-state index in [0.717, 1.165) is 18.4 Å². The van der Waals surface area contributed by atoms with Crippen LogP contribution in [0.5, 0.6) is 0 Å². The first-order valence-corrected chi connectivity index (χ1v) is 10.4. The number of unbranched alkanes of at least 4 members (excludes halogenated alkanes) is 1. The van der Waals surface area contributed by atoms with Crippen molar-refractivity contribution in [3.8, 4) is 0 Å². The highest BCUT2D eigenvalue weighted by molar-refractivity contribution is 5.98. The molecule has 2 atom stereocenters. The van der Waals surface area contributed by atoms with E-state index in [1.54, 1.807) is 29.2 Å². The zero-order valence-corrected chi connectivity index (χ0v) is 17.5. The zero-order valence-electron chi connectivity index (χ0n) is 17.5. The number of carbonyl (C=O) groups is 3. The van der Waals surface area contributed by atoms with Crippen molar-refractivity contribution in [2.45, 2.75) is 39.2 Å². The molecule has 2 aromatic carbocycles. The third kappa shape index (κ3) is 5.26. The molecular weight excluding hydrogens is 380 g/mol. The Balaban J connectivity index is 1.56. The van der Waals surface area contributed by atoms with Crippen LogP contribution in [0.4, 0.5) is 5.69 Å². The van der Waals surface area contributed by atoms with Crippen molar-refractivity contribution >= 4 is 23.5 Å². The summed E-state index contributed by atoms with van der Waals surface area (Å²) in [6.45, 7) is 4.81. The fourth-order valence-electron chi connectivity index (χ4n) is 3.52. The normalized spacial score (nSPS) is 16.9. The highest BCUT2D eigenvalue weighted by Gasteiger charge is 2.37. The smallest absolute Gasteiger partial charge is 0.338 e. The number of anilines is 1. The van der Waals surface area contributed by atoms with Crippen LogP contribution < -0.4 is 5.32 Å². The molecule has 1 fully saturated rings. The van der Waals surface area contributed by atoms with Crippen LogP contribution in [-0.2, 0) is 14.3 Å². The minimum absolute atomic E-state index is 0.0170. The third-order valence-electron chi connectivity index (χ3n) is 5.40. The molecule has 0 bridgehead atoms. The van der Waals surface area contributed by atoms with Crippen molar-refractivity contribution in [3.05, 3.63) is 65.7 Å². The molecule has 6 nitrogen and oxygen atoms in total. The number of amides is 2. The lowest BCUT2D eigenvalue weighted by Gasteiger charge is -2.25. The first kappa shape index (κ1) is 21.6. The van der Waals surface area contributed by atoms with Crippen molar-refractivity contribution in [1.82, 2.24) is 4.90 Å². The maximum atomic E-state index is 12.7. The summed E-state index contributed by atoms with van der Waals surface area (Å²) in [6, 6.07) is 16.3. The minimum Gasteiger partial charge on any atom is -0.462 e. The second kappa shape index (κ2) is 10.1. The van der Waals surface area contributed by atoms with Crippen LogP contribution >= 0.6 is 0 Å². The van der Waals surface area contributed by atoms with Crippen LogP contribution in [0.25, 0.3) is 0 Å². The van der Waals surface area contributed by atoms with Gasteiger partial charge in [-0.2, -0.15) is 0 Å². The number of benzene rings is 2. The van der Waals surface area contributed by atoms with Gasteiger partial charge in [-0.25, -0.2) is 4.79 Å². The second-order valence-corrected chi connectivity index (χ2v) is 7.59. The Hall–Kier alpha value is -3.15. The van der Waals surface area contributed by atoms with Crippen molar-refractivity contribution in [1.29, 1.82) is 0 Å². The summed E-state index contributed by atoms with van der Waals surface area (Å²) in [5.41, 5.74) is 2.09. The molecule has 1 heterocycles. The highest BCUT2D eigenvalue weighted by Crippen LogP contribution is 2.29. The van der Waals surface area contributed by atoms with Crippen molar-refractivity contribution in [2.24, 2.45) is 5.92 Å². The van der Waals surface area contributed by atoms with Gasteiger partial charge in [-0.15, -0.1) is 0 Å². The number of nitrogens with zero attached hydrogens (tertiary/aromatic N) is 1. The molecule has 0 radical (unpaired) electrons. The van der Waals surface area contributed by atoms with E-state index >= 15 is 0 Å². The molecule has 0 unspecified atom stereocenters. The van der Waals surface area contributed by atoms with Gasteiger partial charge in [-0.05, 0) is 43.2 Å². The molecule has 0 spiro atoms. The van der Waals surface area contributed by atoms with Crippen molar-refractivity contribution in [2.75, 3.05) is 18.5 Å². The lowest BCUT2D eigenvalue weighted by atomic mass is 10.1. The quantitative estimate of drug-likeness (QED) is 0.525. The van der Waals surface area contributed by atoms with Gasteiger partial charge >= 0.3 is 5.97 Å². The van der Waals surface area contributed by atoms with E-state index < -0.39 is 5.92 Å². The minimum atomic E-state index is -0.401. The topological polar surface area (TPSA) is 75.7 Å². The van der Waals surface area contributed by atoms with Crippen LogP contribution in [0, 0.1) is 5.92 Å². The van der Waals surface area contributed by atoms with Gasteiger partial charge in [0.1, 0.15) is 0 Å². The van der Waals surface area contributed by atoms with Gasteiger partial charge in [0.15, 0.2) is 0 Å². The summed E-state index contributed by atoms with van der Waals surface area (Å²) in [4.78, 5) is 38.9. The van der Waals surface area contributed by atoms with E-state index in [-0.39, 0.29) is 30.2 Å². The van der Waals surface area contributed by atoms with E-state index in [4.69, 9.17) is 4.74 Å². The molecule has 158 valence electrons. The number of carbonyl (C=O) groups excluding carboxylic acids is 3. The Kier molecular flexibility index (Phi) is 7.22. The summed E-state index contributed by atoms with van der Waals surface area (Å²) in [5, 5.41) is 2.85.